The Morgan fingerprint density at radius 2 is 1.76 bits per heavy atom. The van der Waals surface area contributed by atoms with E-state index in [2.05, 4.69) is 9.80 Å². The van der Waals surface area contributed by atoms with Gasteiger partial charge in [0.2, 0.25) is 5.91 Å². The molecule has 2 amide bonds. The maximum atomic E-state index is 12.4. The van der Waals surface area contributed by atoms with Gasteiger partial charge in [0.1, 0.15) is 0 Å². The van der Waals surface area contributed by atoms with E-state index in [4.69, 9.17) is 4.74 Å². The molecule has 1 aliphatic carbocycles. The van der Waals surface area contributed by atoms with Crippen molar-refractivity contribution >= 4 is 12.0 Å². The second kappa shape index (κ2) is 10.1. The average molecular weight is 408 g/mol. The van der Waals surface area contributed by atoms with Crippen LogP contribution in [0.25, 0.3) is 0 Å². The molecule has 0 radical (unpaired) electrons. The van der Waals surface area contributed by atoms with Crippen molar-refractivity contribution in [3.05, 3.63) is 0 Å². The summed E-state index contributed by atoms with van der Waals surface area (Å²) >= 11 is 0. The fourth-order valence-corrected chi connectivity index (χ4v) is 5.79. The van der Waals surface area contributed by atoms with Gasteiger partial charge in [0.25, 0.3) is 0 Å². The van der Waals surface area contributed by atoms with Crippen molar-refractivity contribution in [1.29, 1.82) is 0 Å². The fraction of sp³-hybridized carbons (Fsp3) is 0.913. The van der Waals surface area contributed by atoms with Crippen molar-refractivity contribution < 1.29 is 14.3 Å². The van der Waals surface area contributed by atoms with E-state index in [9.17, 15) is 9.59 Å². The molecular weight excluding hydrogens is 366 g/mol. The Morgan fingerprint density at radius 3 is 2.45 bits per heavy atom. The summed E-state index contributed by atoms with van der Waals surface area (Å²) in [6.45, 7) is 11.3. The largest absolute Gasteiger partial charge is 0.450 e. The number of hydrogen-bond donors (Lipinski definition) is 0. The maximum Gasteiger partial charge on any atom is 0.409 e. The highest BCUT2D eigenvalue weighted by Crippen LogP contribution is 2.50. The zero-order valence-corrected chi connectivity index (χ0v) is 18.8. The minimum atomic E-state index is -0.138. The first-order valence-electron chi connectivity index (χ1n) is 12.1. The molecule has 3 heterocycles. The molecule has 0 aromatic carbocycles. The minimum Gasteiger partial charge on any atom is -0.450 e. The van der Waals surface area contributed by atoms with Gasteiger partial charge in [-0.3, -0.25) is 4.79 Å². The van der Waals surface area contributed by atoms with Gasteiger partial charge in [0.05, 0.1) is 6.61 Å². The van der Waals surface area contributed by atoms with Crippen LogP contribution in [0.4, 0.5) is 4.79 Å². The van der Waals surface area contributed by atoms with E-state index in [1.165, 1.54) is 25.7 Å². The van der Waals surface area contributed by atoms with Gasteiger partial charge >= 0.3 is 6.09 Å². The van der Waals surface area contributed by atoms with Crippen LogP contribution in [0.1, 0.15) is 78.6 Å². The molecule has 29 heavy (non-hydrogen) atoms. The molecular formula is C23H41N3O3. The number of ether oxygens (including phenoxy) is 1. The Morgan fingerprint density at radius 1 is 1.03 bits per heavy atom. The molecule has 0 N–H and O–H groups in total. The molecule has 1 spiro atoms. The molecule has 4 aliphatic rings. The fourth-order valence-electron chi connectivity index (χ4n) is 5.79. The van der Waals surface area contributed by atoms with Crippen molar-refractivity contribution in [3.8, 4) is 0 Å². The lowest BCUT2D eigenvalue weighted by Crippen LogP contribution is -2.56. The van der Waals surface area contributed by atoms with Crippen LogP contribution in [-0.2, 0) is 9.53 Å². The lowest BCUT2D eigenvalue weighted by atomic mass is 9.64. The molecule has 6 nitrogen and oxygen atoms in total. The van der Waals surface area contributed by atoms with Gasteiger partial charge in [-0.25, -0.2) is 4.79 Å². The van der Waals surface area contributed by atoms with Crippen LogP contribution in [0, 0.1) is 5.41 Å². The first-order valence-corrected chi connectivity index (χ1v) is 12.1. The first kappa shape index (κ1) is 22.4. The number of piperidine rings is 1. The van der Waals surface area contributed by atoms with Crippen LogP contribution in [0.3, 0.4) is 0 Å². The summed E-state index contributed by atoms with van der Waals surface area (Å²) in [7, 11) is 0. The third kappa shape index (κ3) is 5.07. The molecule has 3 saturated heterocycles. The Bertz CT molecular complexity index is 554. The zero-order chi connectivity index (χ0) is 20.9. The monoisotopic (exact) mass is 407 g/mol. The molecule has 0 aromatic rings. The number of rotatable bonds is 3. The molecule has 1 saturated carbocycles. The zero-order valence-electron chi connectivity index (χ0n) is 18.8. The molecule has 3 aliphatic heterocycles. The summed E-state index contributed by atoms with van der Waals surface area (Å²) in [5, 5.41) is 0. The SMILES string of the molecule is CC.CCOC(=O)N1CCC2(CC(N3CCC(N4CCCCCC4=O)CC3)C2)C1. The number of nitrogens with zero attached hydrogens (tertiary/aromatic N) is 3. The molecule has 0 unspecified atom stereocenters. The van der Waals surface area contributed by atoms with Crippen molar-refractivity contribution in [1.82, 2.24) is 14.7 Å². The number of hydrogen-bond acceptors (Lipinski definition) is 4. The second-order valence-corrected chi connectivity index (χ2v) is 9.10. The summed E-state index contributed by atoms with van der Waals surface area (Å²) < 4.78 is 5.16. The van der Waals surface area contributed by atoms with E-state index < -0.39 is 0 Å². The Labute approximate surface area is 176 Å². The van der Waals surface area contributed by atoms with E-state index in [1.807, 2.05) is 25.7 Å². The summed E-state index contributed by atoms with van der Waals surface area (Å²) in [4.78, 5) is 31.1. The quantitative estimate of drug-likeness (QED) is 0.712. The van der Waals surface area contributed by atoms with E-state index in [0.29, 0.717) is 30.0 Å². The lowest BCUT2D eigenvalue weighted by Gasteiger charge is -2.52. The second-order valence-electron chi connectivity index (χ2n) is 9.10. The first-order chi connectivity index (χ1) is 14.1. The molecule has 0 atom stereocenters. The predicted octanol–water partition coefficient (Wildman–Crippen LogP) is 3.89. The van der Waals surface area contributed by atoms with Gasteiger partial charge in [-0.15, -0.1) is 0 Å². The molecule has 4 rings (SSSR count). The summed E-state index contributed by atoms with van der Waals surface area (Å²) in [6.07, 6.45) is 9.88. The minimum absolute atomic E-state index is 0.138. The number of likely N-dealkylation sites (tertiary alicyclic amines) is 3. The summed E-state index contributed by atoms with van der Waals surface area (Å²) in [5.74, 6) is 0.388. The smallest absolute Gasteiger partial charge is 0.409 e. The van der Waals surface area contributed by atoms with E-state index in [-0.39, 0.29) is 6.09 Å². The highest BCUT2D eigenvalue weighted by molar-refractivity contribution is 5.76. The van der Waals surface area contributed by atoms with Gasteiger partial charge in [0.15, 0.2) is 0 Å². The standard InChI is InChI=1S/C21H35N3O3.C2H6/c1-2-27-20(26)23-13-9-21(16-23)14-18(15-21)22-11-7-17(8-12-22)24-10-5-3-4-6-19(24)25;1-2/h17-18H,2-16H2,1H3;1-2H3. The van der Waals surface area contributed by atoms with Gasteiger partial charge in [-0.2, -0.15) is 0 Å². The van der Waals surface area contributed by atoms with Gasteiger partial charge in [-0.05, 0) is 57.3 Å². The average Bonchev–Trinajstić information content (AvgIpc) is 3.07. The summed E-state index contributed by atoms with van der Waals surface area (Å²) in [6, 6.07) is 1.14. The molecule has 4 fully saturated rings. The van der Waals surface area contributed by atoms with Crippen molar-refractivity contribution in [2.24, 2.45) is 5.41 Å². The van der Waals surface area contributed by atoms with Gasteiger partial charge in [0, 0.05) is 51.2 Å². The van der Waals surface area contributed by atoms with Gasteiger partial charge < -0.3 is 19.4 Å². The number of carbonyl (C=O) groups excluding carboxylic acids is 2. The van der Waals surface area contributed by atoms with Crippen LogP contribution in [0.5, 0.6) is 0 Å². The van der Waals surface area contributed by atoms with Crippen LogP contribution < -0.4 is 0 Å². The third-order valence-corrected chi connectivity index (χ3v) is 7.37. The van der Waals surface area contributed by atoms with Gasteiger partial charge in [-0.1, -0.05) is 20.3 Å². The topological polar surface area (TPSA) is 53.1 Å². The highest BCUT2D eigenvalue weighted by atomic mass is 16.6. The molecule has 0 bridgehead atoms. The lowest BCUT2D eigenvalue weighted by molar-refractivity contribution is -0.134. The van der Waals surface area contributed by atoms with Crippen molar-refractivity contribution in [2.45, 2.75) is 90.6 Å². The number of amides is 2. The molecule has 6 heteroatoms. The maximum absolute atomic E-state index is 12.4. The number of carbonyl (C=O) groups is 2. The van der Waals surface area contributed by atoms with Crippen LogP contribution in [0.2, 0.25) is 0 Å². The predicted molar refractivity (Wildman–Crippen MR) is 115 cm³/mol. The van der Waals surface area contributed by atoms with Crippen LogP contribution in [-0.4, -0.2) is 78.1 Å². The van der Waals surface area contributed by atoms with E-state index in [1.54, 1.807) is 0 Å². The van der Waals surface area contributed by atoms with Crippen LogP contribution >= 0.6 is 0 Å². The highest BCUT2D eigenvalue weighted by Gasteiger charge is 2.51. The van der Waals surface area contributed by atoms with E-state index >= 15 is 0 Å². The Hall–Kier alpha value is -1.30. The van der Waals surface area contributed by atoms with E-state index in [0.717, 1.165) is 64.8 Å². The van der Waals surface area contributed by atoms with Crippen LogP contribution in [0.15, 0.2) is 0 Å². The molecule has 0 aromatic heterocycles. The Balaban J connectivity index is 0.00000117. The Kier molecular flexibility index (Phi) is 7.83. The normalized spacial score (nSPS) is 31.1. The van der Waals surface area contributed by atoms with Crippen molar-refractivity contribution in [2.75, 3.05) is 39.3 Å². The third-order valence-electron chi connectivity index (χ3n) is 7.37. The molecule has 166 valence electrons. The summed E-state index contributed by atoms with van der Waals surface area (Å²) in [5.41, 5.74) is 0.342. The van der Waals surface area contributed by atoms with Crippen molar-refractivity contribution in [3.63, 3.8) is 0 Å².